The molecule has 0 saturated carbocycles. The Morgan fingerprint density at radius 3 is 2.04 bits per heavy atom. The Balaban J connectivity index is 1.73. The molecule has 0 bridgehead atoms. The molecule has 0 saturated heterocycles. The van der Waals surface area contributed by atoms with Gasteiger partial charge in [0, 0.05) is 28.0 Å². The Labute approximate surface area is 174 Å². The van der Waals surface area contributed by atoms with Gasteiger partial charge in [0.15, 0.2) is 0 Å². The number of amides is 1. The predicted octanol–water partition coefficient (Wildman–Crippen LogP) is 5.38. The number of hydrogen-bond acceptors (Lipinski definition) is 2. The molecular weight excluding hydrogens is 474 g/mol. The first kappa shape index (κ1) is 19.8. The molecule has 2 aromatic carbocycles. The second-order valence-electron chi connectivity index (χ2n) is 6.43. The molecule has 0 spiro atoms. The van der Waals surface area contributed by atoms with Crippen molar-refractivity contribution in [3.63, 3.8) is 0 Å². The summed E-state index contributed by atoms with van der Waals surface area (Å²) >= 11 is 7.03. The maximum absolute atomic E-state index is 12.4. The highest BCUT2D eigenvalue weighted by Crippen LogP contribution is 2.45. The van der Waals surface area contributed by atoms with Gasteiger partial charge in [0.2, 0.25) is 5.91 Å². The molecule has 0 radical (unpaired) electrons. The smallest absolute Gasteiger partial charge is 0.303 e. The van der Waals surface area contributed by atoms with Gasteiger partial charge in [-0.1, -0.05) is 50.4 Å². The third kappa shape index (κ3) is 4.87. The molecule has 140 valence electrons. The number of rotatable bonds is 7. The largest absolute Gasteiger partial charge is 0.481 e. The zero-order valence-corrected chi connectivity index (χ0v) is 17.8. The first-order valence-electron chi connectivity index (χ1n) is 8.77. The van der Waals surface area contributed by atoms with Gasteiger partial charge in [-0.15, -0.1) is 0 Å². The maximum Gasteiger partial charge on any atom is 0.303 e. The van der Waals surface area contributed by atoms with Crippen LogP contribution in [0.1, 0.15) is 36.8 Å². The van der Waals surface area contributed by atoms with Crippen molar-refractivity contribution in [2.24, 2.45) is 0 Å². The van der Waals surface area contributed by atoms with Gasteiger partial charge in [-0.25, -0.2) is 0 Å². The van der Waals surface area contributed by atoms with Gasteiger partial charge in [-0.2, -0.15) is 0 Å². The minimum absolute atomic E-state index is 0.137. The summed E-state index contributed by atoms with van der Waals surface area (Å²) in [6.07, 6.45) is 4.02. The third-order valence-electron chi connectivity index (χ3n) is 4.48. The summed E-state index contributed by atoms with van der Waals surface area (Å²) in [6.45, 7) is 0.541. The van der Waals surface area contributed by atoms with Crippen molar-refractivity contribution in [1.82, 2.24) is 5.32 Å². The number of fused-ring (bicyclic) bond motifs is 3. The van der Waals surface area contributed by atoms with Crippen LogP contribution in [0, 0.1) is 0 Å². The van der Waals surface area contributed by atoms with E-state index in [0.717, 1.165) is 49.6 Å². The van der Waals surface area contributed by atoms with Crippen LogP contribution in [0.5, 0.6) is 0 Å². The van der Waals surface area contributed by atoms with Gasteiger partial charge in [0.1, 0.15) is 0 Å². The number of carboxylic acids is 1. The lowest BCUT2D eigenvalue weighted by atomic mass is 10.0. The zero-order chi connectivity index (χ0) is 19.4. The molecule has 0 aromatic heterocycles. The fraction of sp³-hybridized carbons (Fsp3) is 0.238. The molecule has 1 aliphatic rings. The van der Waals surface area contributed by atoms with Crippen LogP contribution in [0.25, 0.3) is 16.7 Å². The highest BCUT2D eigenvalue weighted by Gasteiger charge is 2.24. The molecule has 3 rings (SSSR count). The average Bonchev–Trinajstić information content (AvgIpc) is 2.90. The number of hydrogen-bond donors (Lipinski definition) is 2. The molecule has 1 amide bonds. The van der Waals surface area contributed by atoms with Crippen LogP contribution in [0.3, 0.4) is 0 Å². The van der Waals surface area contributed by atoms with Crippen molar-refractivity contribution in [3.8, 4) is 11.1 Å². The van der Waals surface area contributed by atoms with Crippen molar-refractivity contribution in [2.75, 3.05) is 6.54 Å². The van der Waals surface area contributed by atoms with Crippen molar-refractivity contribution in [1.29, 1.82) is 0 Å². The molecule has 0 unspecified atom stereocenters. The van der Waals surface area contributed by atoms with Gasteiger partial charge < -0.3 is 10.4 Å². The average molecular weight is 493 g/mol. The highest BCUT2D eigenvalue weighted by molar-refractivity contribution is 9.10. The Bertz CT molecular complexity index is 868. The van der Waals surface area contributed by atoms with Crippen molar-refractivity contribution < 1.29 is 14.7 Å². The van der Waals surface area contributed by atoms with Crippen molar-refractivity contribution in [2.45, 2.75) is 25.7 Å². The quantitative estimate of drug-likeness (QED) is 0.343. The number of halogens is 2. The normalized spacial score (nSPS) is 11.7. The summed E-state index contributed by atoms with van der Waals surface area (Å²) in [6, 6.07) is 12.2. The van der Waals surface area contributed by atoms with E-state index < -0.39 is 5.97 Å². The molecule has 4 nitrogen and oxygen atoms in total. The van der Waals surface area contributed by atoms with Gasteiger partial charge in [-0.05, 0) is 64.9 Å². The summed E-state index contributed by atoms with van der Waals surface area (Å²) in [5.74, 6) is -0.915. The van der Waals surface area contributed by atoms with Crippen LogP contribution in [0.4, 0.5) is 0 Å². The molecule has 0 aliphatic heterocycles. The third-order valence-corrected chi connectivity index (χ3v) is 5.46. The van der Waals surface area contributed by atoms with Crippen LogP contribution in [0.2, 0.25) is 0 Å². The lowest BCUT2D eigenvalue weighted by molar-refractivity contribution is -0.137. The van der Waals surface area contributed by atoms with E-state index in [2.05, 4.69) is 49.3 Å². The van der Waals surface area contributed by atoms with Gasteiger partial charge >= 0.3 is 5.97 Å². The van der Waals surface area contributed by atoms with E-state index in [0.29, 0.717) is 13.0 Å². The summed E-state index contributed by atoms with van der Waals surface area (Å²) in [7, 11) is 0. The summed E-state index contributed by atoms with van der Waals surface area (Å²) < 4.78 is 1.94. The van der Waals surface area contributed by atoms with E-state index in [9.17, 15) is 9.59 Å². The lowest BCUT2D eigenvalue weighted by Gasteiger charge is -2.06. The summed E-state index contributed by atoms with van der Waals surface area (Å²) in [5, 5.41) is 11.5. The van der Waals surface area contributed by atoms with Crippen LogP contribution in [-0.4, -0.2) is 23.5 Å². The molecule has 0 atom stereocenters. The molecule has 2 N–H and O–H groups in total. The maximum atomic E-state index is 12.4. The Kier molecular flexibility index (Phi) is 6.50. The second-order valence-corrected chi connectivity index (χ2v) is 8.26. The highest BCUT2D eigenvalue weighted by atomic mass is 79.9. The fourth-order valence-electron chi connectivity index (χ4n) is 3.22. The molecular formula is C21H19Br2NO3. The molecule has 0 fully saturated rings. The molecule has 1 aliphatic carbocycles. The monoisotopic (exact) mass is 491 g/mol. The molecule has 27 heavy (non-hydrogen) atoms. The van der Waals surface area contributed by atoms with Crippen LogP contribution in [-0.2, 0) is 9.59 Å². The van der Waals surface area contributed by atoms with E-state index in [1.807, 2.05) is 24.3 Å². The van der Waals surface area contributed by atoms with Gasteiger partial charge in [-0.3, -0.25) is 9.59 Å². The van der Waals surface area contributed by atoms with E-state index in [1.54, 1.807) is 6.08 Å². The predicted molar refractivity (Wildman–Crippen MR) is 113 cm³/mol. The minimum Gasteiger partial charge on any atom is -0.481 e. The number of nitrogens with one attached hydrogen (secondary N) is 1. The summed E-state index contributed by atoms with van der Waals surface area (Å²) in [5.41, 5.74) is 5.22. The minimum atomic E-state index is -0.778. The first-order chi connectivity index (χ1) is 13.0. The standard InChI is InChI=1S/C21H19Br2NO3/c22-13-5-7-15-16-8-6-14(23)11-18(16)19(17(15)10-13)12-20(25)24-9-3-1-2-4-21(26)27/h5-8,10-12H,1-4,9H2,(H,24,25)(H,26,27). The lowest BCUT2D eigenvalue weighted by Crippen LogP contribution is -2.22. The number of aliphatic carboxylic acids is 1. The van der Waals surface area contributed by atoms with Crippen LogP contribution < -0.4 is 5.32 Å². The molecule has 2 aromatic rings. The topological polar surface area (TPSA) is 66.4 Å². The van der Waals surface area contributed by atoms with E-state index in [-0.39, 0.29) is 12.3 Å². The number of carboxylic acid groups (broad SMARTS) is 1. The SMILES string of the molecule is O=C(O)CCCCCNC(=O)C=C1c2cc(Br)ccc2-c2ccc(Br)cc21. The number of carbonyl (C=O) groups excluding carboxylic acids is 1. The number of carbonyl (C=O) groups is 2. The van der Waals surface area contributed by atoms with Crippen LogP contribution >= 0.6 is 31.9 Å². The molecule has 6 heteroatoms. The van der Waals surface area contributed by atoms with E-state index in [1.165, 1.54) is 0 Å². The Morgan fingerprint density at radius 1 is 0.889 bits per heavy atom. The Morgan fingerprint density at radius 2 is 1.48 bits per heavy atom. The van der Waals surface area contributed by atoms with Gasteiger partial charge in [0.25, 0.3) is 0 Å². The zero-order valence-electron chi connectivity index (χ0n) is 14.6. The van der Waals surface area contributed by atoms with Crippen molar-refractivity contribution in [3.05, 3.63) is 62.5 Å². The van der Waals surface area contributed by atoms with E-state index >= 15 is 0 Å². The van der Waals surface area contributed by atoms with E-state index in [4.69, 9.17) is 5.11 Å². The number of unbranched alkanes of at least 4 members (excludes halogenated alkanes) is 2. The second kappa shape index (κ2) is 8.85. The number of benzene rings is 2. The summed E-state index contributed by atoms with van der Waals surface area (Å²) in [4.78, 5) is 22.9. The van der Waals surface area contributed by atoms with Crippen LogP contribution in [0.15, 0.2) is 51.4 Å². The van der Waals surface area contributed by atoms with Gasteiger partial charge in [0.05, 0.1) is 0 Å². The fourth-order valence-corrected chi connectivity index (χ4v) is 3.94. The van der Waals surface area contributed by atoms with Crippen molar-refractivity contribution >= 4 is 49.3 Å². The first-order valence-corrected chi connectivity index (χ1v) is 10.4. The molecule has 0 heterocycles. The Hall–Kier alpha value is -1.92.